The monoisotopic (exact) mass is 266 g/mol. The molecule has 1 aromatic heterocycles. The Morgan fingerprint density at radius 3 is 2.94 bits per heavy atom. The second kappa shape index (κ2) is 5.10. The van der Waals surface area contributed by atoms with Gasteiger partial charge in [0.25, 0.3) is 0 Å². The normalized spacial score (nSPS) is 10.3. The molecular weight excluding hydrogens is 256 g/mol. The van der Waals surface area contributed by atoms with E-state index in [0.29, 0.717) is 22.9 Å². The van der Waals surface area contributed by atoms with Gasteiger partial charge in [0.05, 0.1) is 31.6 Å². The molecule has 0 amide bonds. The molecule has 0 saturated heterocycles. The molecule has 6 heteroatoms. The van der Waals surface area contributed by atoms with Crippen LogP contribution in [0.5, 0.6) is 5.75 Å². The molecule has 0 radical (unpaired) electrons. The SMILES string of the molecule is COc1cnn(Cc2cc(Cl)ccc2C(=O)O)c1. The molecule has 1 N–H and O–H groups in total. The van der Waals surface area contributed by atoms with Crippen molar-refractivity contribution in [3.63, 3.8) is 0 Å². The maximum Gasteiger partial charge on any atom is 0.336 e. The minimum Gasteiger partial charge on any atom is -0.493 e. The molecule has 2 aromatic rings. The second-order valence-corrected chi connectivity index (χ2v) is 4.12. The number of hydrogen-bond donors (Lipinski definition) is 1. The number of carbonyl (C=O) groups is 1. The van der Waals surface area contributed by atoms with Crippen molar-refractivity contribution >= 4 is 17.6 Å². The Balaban J connectivity index is 2.32. The van der Waals surface area contributed by atoms with Gasteiger partial charge in [-0.1, -0.05) is 11.6 Å². The molecule has 0 saturated carbocycles. The topological polar surface area (TPSA) is 64.4 Å². The molecule has 0 aliphatic rings. The highest BCUT2D eigenvalue weighted by molar-refractivity contribution is 6.30. The van der Waals surface area contributed by atoms with Gasteiger partial charge in [0, 0.05) is 5.02 Å². The first kappa shape index (κ1) is 12.4. The molecule has 2 rings (SSSR count). The fourth-order valence-electron chi connectivity index (χ4n) is 1.61. The molecule has 0 bridgehead atoms. The molecule has 1 heterocycles. The average molecular weight is 267 g/mol. The molecule has 0 aliphatic carbocycles. The van der Waals surface area contributed by atoms with Crippen molar-refractivity contribution in [2.45, 2.75) is 6.54 Å². The summed E-state index contributed by atoms with van der Waals surface area (Å²) in [5.74, 6) is -0.366. The van der Waals surface area contributed by atoms with Crippen LogP contribution < -0.4 is 4.74 Å². The maximum absolute atomic E-state index is 11.1. The van der Waals surface area contributed by atoms with E-state index in [4.69, 9.17) is 21.4 Å². The zero-order chi connectivity index (χ0) is 13.1. The van der Waals surface area contributed by atoms with E-state index in [0.717, 1.165) is 0 Å². The molecule has 5 nitrogen and oxygen atoms in total. The third-order valence-electron chi connectivity index (χ3n) is 2.48. The highest BCUT2D eigenvalue weighted by atomic mass is 35.5. The summed E-state index contributed by atoms with van der Waals surface area (Å²) >= 11 is 5.87. The molecule has 0 aliphatic heterocycles. The molecule has 0 fully saturated rings. The minimum atomic E-state index is -0.985. The third-order valence-corrected chi connectivity index (χ3v) is 2.71. The number of ether oxygens (including phenoxy) is 1. The van der Waals surface area contributed by atoms with Gasteiger partial charge in [0.15, 0.2) is 5.75 Å². The second-order valence-electron chi connectivity index (χ2n) is 3.68. The summed E-state index contributed by atoms with van der Waals surface area (Å²) in [6.45, 7) is 0.325. The van der Waals surface area contributed by atoms with Crippen LogP contribution in [0.1, 0.15) is 15.9 Å². The van der Waals surface area contributed by atoms with Gasteiger partial charge in [0.2, 0.25) is 0 Å². The Kier molecular flexibility index (Phi) is 3.53. The fraction of sp³-hybridized carbons (Fsp3) is 0.167. The number of hydrogen-bond acceptors (Lipinski definition) is 3. The standard InChI is InChI=1S/C12H11ClN2O3/c1-18-10-5-14-15(7-10)6-8-4-9(13)2-3-11(8)12(16)17/h2-5,7H,6H2,1H3,(H,16,17). The van der Waals surface area contributed by atoms with Crippen LogP contribution in [0.25, 0.3) is 0 Å². The number of nitrogens with zero attached hydrogens (tertiary/aromatic N) is 2. The maximum atomic E-state index is 11.1. The first-order valence-corrected chi connectivity index (χ1v) is 5.56. The van der Waals surface area contributed by atoms with Crippen LogP contribution in [0.3, 0.4) is 0 Å². The third kappa shape index (κ3) is 2.62. The molecule has 18 heavy (non-hydrogen) atoms. The molecule has 0 spiro atoms. The van der Waals surface area contributed by atoms with Crippen LogP contribution in [0.2, 0.25) is 5.02 Å². The lowest BCUT2D eigenvalue weighted by Crippen LogP contribution is -2.07. The largest absolute Gasteiger partial charge is 0.493 e. The van der Waals surface area contributed by atoms with E-state index in [1.54, 1.807) is 36.3 Å². The fourth-order valence-corrected chi connectivity index (χ4v) is 1.81. The van der Waals surface area contributed by atoms with Crippen LogP contribution >= 0.6 is 11.6 Å². The Morgan fingerprint density at radius 1 is 1.56 bits per heavy atom. The Bertz CT molecular complexity index is 580. The zero-order valence-electron chi connectivity index (χ0n) is 9.63. The highest BCUT2D eigenvalue weighted by Crippen LogP contribution is 2.18. The van der Waals surface area contributed by atoms with Gasteiger partial charge in [-0.3, -0.25) is 4.68 Å². The van der Waals surface area contributed by atoms with E-state index in [9.17, 15) is 4.79 Å². The Hall–Kier alpha value is -2.01. The number of halogens is 1. The van der Waals surface area contributed by atoms with Crippen molar-refractivity contribution in [3.8, 4) is 5.75 Å². The first-order valence-electron chi connectivity index (χ1n) is 5.18. The van der Waals surface area contributed by atoms with Gasteiger partial charge in [-0.05, 0) is 23.8 Å². The summed E-state index contributed by atoms with van der Waals surface area (Å²) in [6, 6.07) is 4.66. The lowest BCUT2D eigenvalue weighted by molar-refractivity contribution is 0.0695. The molecule has 94 valence electrons. The number of carboxylic acids is 1. The molecule has 0 unspecified atom stereocenters. The number of benzene rings is 1. The van der Waals surface area contributed by atoms with Gasteiger partial charge >= 0.3 is 5.97 Å². The van der Waals surface area contributed by atoms with Crippen molar-refractivity contribution < 1.29 is 14.6 Å². The van der Waals surface area contributed by atoms with E-state index in [2.05, 4.69) is 5.10 Å². The van der Waals surface area contributed by atoms with Gasteiger partial charge in [-0.25, -0.2) is 4.79 Å². The van der Waals surface area contributed by atoms with E-state index in [-0.39, 0.29) is 5.56 Å². The molecule has 0 atom stereocenters. The molecule has 1 aromatic carbocycles. The van der Waals surface area contributed by atoms with Crippen molar-refractivity contribution in [1.29, 1.82) is 0 Å². The number of aromatic nitrogens is 2. The number of rotatable bonds is 4. The molecular formula is C12H11ClN2O3. The summed E-state index contributed by atoms with van der Waals surface area (Å²) in [4.78, 5) is 11.1. The Labute approximate surface area is 109 Å². The Morgan fingerprint density at radius 2 is 2.33 bits per heavy atom. The summed E-state index contributed by atoms with van der Waals surface area (Å²) in [5, 5.41) is 13.7. The smallest absolute Gasteiger partial charge is 0.336 e. The van der Waals surface area contributed by atoms with Gasteiger partial charge in [0.1, 0.15) is 0 Å². The lowest BCUT2D eigenvalue weighted by Gasteiger charge is -2.06. The highest BCUT2D eigenvalue weighted by Gasteiger charge is 2.11. The van der Waals surface area contributed by atoms with E-state index in [1.807, 2.05) is 0 Å². The van der Waals surface area contributed by atoms with Crippen LogP contribution in [0.15, 0.2) is 30.6 Å². The van der Waals surface area contributed by atoms with Crippen LogP contribution in [-0.4, -0.2) is 28.0 Å². The number of methoxy groups -OCH3 is 1. The number of carboxylic acid groups (broad SMARTS) is 1. The number of aromatic carboxylic acids is 1. The van der Waals surface area contributed by atoms with Gasteiger partial charge in [-0.15, -0.1) is 0 Å². The summed E-state index contributed by atoms with van der Waals surface area (Å²) in [5.41, 5.74) is 0.814. The quantitative estimate of drug-likeness (QED) is 0.922. The van der Waals surface area contributed by atoms with Gasteiger partial charge < -0.3 is 9.84 Å². The van der Waals surface area contributed by atoms with Crippen LogP contribution in [0.4, 0.5) is 0 Å². The van der Waals surface area contributed by atoms with E-state index >= 15 is 0 Å². The predicted molar refractivity (Wildman–Crippen MR) is 66.3 cm³/mol. The van der Waals surface area contributed by atoms with E-state index < -0.39 is 5.97 Å². The van der Waals surface area contributed by atoms with Crippen LogP contribution in [-0.2, 0) is 6.54 Å². The minimum absolute atomic E-state index is 0.217. The lowest BCUT2D eigenvalue weighted by atomic mass is 10.1. The summed E-state index contributed by atoms with van der Waals surface area (Å²) in [7, 11) is 1.55. The average Bonchev–Trinajstić information content (AvgIpc) is 2.76. The summed E-state index contributed by atoms with van der Waals surface area (Å²) in [6.07, 6.45) is 3.25. The summed E-state index contributed by atoms with van der Waals surface area (Å²) < 4.78 is 6.60. The van der Waals surface area contributed by atoms with Crippen molar-refractivity contribution in [2.75, 3.05) is 7.11 Å². The predicted octanol–water partition coefficient (Wildman–Crippen LogP) is 2.29. The van der Waals surface area contributed by atoms with Crippen molar-refractivity contribution in [1.82, 2.24) is 9.78 Å². The van der Waals surface area contributed by atoms with E-state index in [1.165, 1.54) is 6.07 Å². The van der Waals surface area contributed by atoms with Crippen molar-refractivity contribution in [3.05, 3.63) is 46.7 Å². The van der Waals surface area contributed by atoms with Gasteiger partial charge in [-0.2, -0.15) is 5.10 Å². The zero-order valence-corrected chi connectivity index (χ0v) is 10.4. The van der Waals surface area contributed by atoms with Crippen LogP contribution in [0, 0.1) is 0 Å². The van der Waals surface area contributed by atoms with Crippen molar-refractivity contribution in [2.24, 2.45) is 0 Å². The first-order chi connectivity index (χ1) is 8.60.